The van der Waals surface area contributed by atoms with Crippen molar-refractivity contribution in [1.29, 1.82) is 0 Å². The van der Waals surface area contributed by atoms with Crippen LogP contribution in [0.3, 0.4) is 0 Å². The second kappa shape index (κ2) is 7.73. The molecule has 0 atom stereocenters. The maximum absolute atomic E-state index is 13.1. The zero-order chi connectivity index (χ0) is 15.2. The summed E-state index contributed by atoms with van der Waals surface area (Å²) >= 11 is 11.1. The van der Waals surface area contributed by atoms with Gasteiger partial charge in [0, 0.05) is 39.3 Å². The van der Waals surface area contributed by atoms with Crippen LogP contribution in [0.25, 0.3) is 0 Å². The van der Waals surface area contributed by atoms with Crippen molar-refractivity contribution in [1.82, 2.24) is 15.1 Å². The number of hydrogen-bond donors (Lipinski definition) is 1. The van der Waals surface area contributed by atoms with Crippen LogP contribution >= 0.6 is 23.8 Å². The molecule has 0 aromatic heterocycles. The first-order valence-corrected chi connectivity index (χ1v) is 7.68. The summed E-state index contributed by atoms with van der Waals surface area (Å²) in [6.45, 7) is 8.75. The van der Waals surface area contributed by atoms with Gasteiger partial charge in [-0.15, -0.1) is 6.58 Å². The lowest BCUT2D eigenvalue weighted by Crippen LogP contribution is -2.51. The Morgan fingerprint density at radius 1 is 1.38 bits per heavy atom. The number of hydrogen-bond acceptors (Lipinski definition) is 2. The summed E-state index contributed by atoms with van der Waals surface area (Å²) in [6.07, 6.45) is 1.79. The maximum Gasteiger partial charge on any atom is 0.169 e. The average Bonchev–Trinajstić information content (AvgIpc) is 2.49. The molecule has 1 aliphatic heterocycles. The van der Waals surface area contributed by atoms with Gasteiger partial charge in [-0.3, -0.25) is 4.90 Å². The first-order valence-electron chi connectivity index (χ1n) is 6.90. The Kier molecular flexibility index (Phi) is 5.96. The molecule has 3 nitrogen and oxygen atoms in total. The van der Waals surface area contributed by atoms with Crippen molar-refractivity contribution < 1.29 is 4.39 Å². The van der Waals surface area contributed by atoms with Gasteiger partial charge in [-0.2, -0.15) is 0 Å². The number of halogens is 2. The molecule has 1 aromatic carbocycles. The number of benzene rings is 1. The highest BCUT2D eigenvalue weighted by atomic mass is 35.5. The Balaban J connectivity index is 1.82. The van der Waals surface area contributed by atoms with Gasteiger partial charge in [0.05, 0.1) is 5.02 Å². The van der Waals surface area contributed by atoms with Crippen molar-refractivity contribution in [2.24, 2.45) is 0 Å². The van der Waals surface area contributed by atoms with E-state index in [1.54, 1.807) is 18.2 Å². The summed E-state index contributed by atoms with van der Waals surface area (Å²) in [5, 5.41) is 4.10. The van der Waals surface area contributed by atoms with Gasteiger partial charge in [0.25, 0.3) is 0 Å². The number of piperazine rings is 1. The fraction of sp³-hybridized carbons (Fsp3) is 0.400. The van der Waals surface area contributed by atoms with E-state index in [4.69, 9.17) is 23.8 Å². The summed E-state index contributed by atoms with van der Waals surface area (Å²) in [7, 11) is 0. The molecule has 1 saturated heterocycles. The Labute approximate surface area is 135 Å². The molecule has 0 radical (unpaired) electrons. The monoisotopic (exact) mass is 327 g/mol. The van der Waals surface area contributed by atoms with Crippen molar-refractivity contribution in [2.75, 3.05) is 32.7 Å². The van der Waals surface area contributed by atoms with E-state index in [-0.39, 0.29) is 10.8 Å². The van der Waals surface area contributed by atoms with Crippen LogP contribution in [0.15, 0.2) is 30.9 Å². The standard InChI is InChI=1S/C15H19ClFN3S/c1-2-5-18-15(21)20-8-6-19(7-9-20)11-12-3-4-14(17)13(16)10-12/h2-4,10H,1,5-9,11H2,(H,18,21). The largest absolute Gasteiger partial charge is 0.359 e. The molecule has 0 unspecified atom stereocenters. The molecule has 0 saturated carbocycles. The van der Waals surface area contributed by atoms with Gasteiger partial charge in [-0.25, -0.2) is 4.39 Å². The van der Waals surface area contributed by atoms with Gasteiger partial charge in [0.2, 0.25) is 0 Å². The molecule has 6 heteroatoms. The van der Waals surface area contributed by atoms with E-state index in [0.29, 0.717) is 6.54 Å². The topological polar surface area (TPSA) is 18.5 Å². The molecule has 1 aliphatic rings. The quantitative estimate of drug-likeness (QED) is 0.676. The minimum Gasteiger partial charge on any atom is -0.359 e. The van der Waals surface area contributed by atoms with Gasteiger partial charge in [-0.05, 0) is 29.9 Å². The van der Waals surface area contributed by atoms with Crippen LogP contribution in [0, 0.1) is 5.82 Å². The molecule has 1 N–H and O–H groups in total. The predicted octanol–water partition coefficient (Wildman–Crippen LogP) is 2.66. The Morgan fingerprint density at radius 2 is 2.10 bits per heavy atom. The Bertz CT molecular complexity index is 516. The maximum atomic E-state index is 13.1. The number of nitrogens with zero attached hydrogens (tertiary/aromatic N) is 2. The van der Waals surface area contributed by atoms with Gasteiger partial charge in [0.15, 0.2) is 5.11 Å². The van der Waals surface area contributed by atoms with Crippen LogP contribution in [0.1, 0.15) is 5.56 Å². The third kappa shape index (κ3) is 4.66. The molecular weight excluding hydrogens is 309 g/mol. The predicted molar refractivity (Wildman–Crippen MR) is 89.1 cm³/mol. The highest BCUT2D eigenvalue weighted by Crippen LogP contribution is 2.17. The van der Waals surface area contributed by atoms with E-state index in [0.717, 1.165) is 43.4 Å². The van der Waals surface area contributed by atoms with Crippen molar-refractivity contribution >= 4 is 28.9 Å². The smallest absolute Gasteiger partial charge is 0.169 e. The van der Waals surface area contributed by atoms with Crippen LogP contribution in [-0.4, -0.2) is 47.6 Å². The minimum atomic E-state index is -0.371. The fourth-order valence-corrected chi connectivity index (χ4v) is 2.75. The average molecular weight is 328 g/mol. The molecule has 0 bridgehead atoms. The first kappa shape index (κ1) is 16.2. The summed E-state index contributed by atoms with van der Waals surface area (Å²) in [5.74, 6) is -0.371. The van der Waals surface area contributed by atoms with Gasteiger partial charge in [0.1, 0.15) is 5.82 Å². The molecule has 0 amide bonds. The molecule has 2 rings (SSSR count). The molecule has 1 fully saturated rings. The highest BCUT2D eigenvalue weighted by Gasteiger charge is 2.18. The number of thiocarbonyl (C=S) groups is 1. The van der Waals surface area contributed by atoms with Crippen molar-refractivity contribution in [3.63, 3.8) is 0 Å². The molecule has 1 aromatic rings. The Hall–Kier alpha value is -1.17. The van der Waals surface area contributed by atoms with E-state index in [2.05, 4.69) is 21.7 Å². The second-order valence-electron chi connectivity index (χ2n) is 4.99. The zero-order valence-corrected chi connectivity index (χ0v) is 13.4. The Morgan fingerprint density at radius 3 is 2.71 bits per heavy atom. The lowest BCUT2D eigenvalue weighted by atomic mass is 10.2. The highest BCUT2D eigenvalue weighted by molar-refractivity contribution is 7.80. The number of nitrogens with one attached hydrogen (secondary N) is 1. The SMILES string of the molecule is C=CCNC(=S)N1CCN(Cc2ccc(F)c(Cl)c2)CC1. The van der Waals surface area contributed by atoms with E-state index in [1.165, 1.54) is 6.07 Å². The van der Waals surface area contributed by atoms with Crippen LogP contribution in [0.5, 0.6) is 0 Å². The van der Waals surface area contributed by atoms with E-state index in [9.17, 15) is 4.39 Å². The lowest BCUT2D eigenvalue weighted by molar-refractivity contribution is 0.174. The minimum absolute atomic E-state index is 0.181. The molecule has 114 valence electrons. The summed E-state index contributed by atoms with van der Waals surface area (Å²) < 4.78 is 13.1. The third-order valence-corrected chi connectivity index (χ3v) is 4.14. The van der Waals surface area contributed by atoms with Crippen LogP contribution in [0.4, 0.5) is 4.39 Å². The summed E-state index contributed by atoms with van der Waals surface area (Å²) in [6, 6.07) is 4.89. The molecule has 1 heterocycles. The van der Waals surface area contributed by atoms with Gasteiger partial charge >= 0.3 is 0 Å². The normalized spacial score (nSPS) is 15.8. The van der Waals surface area contributed by atoms with Crippen LogP contribution < -0.4 is 5.32 Å². The van der Waals surface area contributed by atoms with Crippen molar-refractivity contribution in [3.05, 3.63) is 47.3 Å². The molecule has 0 spiro atoms. The van der Waals surface area contributed by atoms with Gasteiger partial charge < -0.3 is 10.2 Å². The number of rotatable bonds is 4. The lowest BCUT2D eigenvalue weighted by Gasteiger charge is -2.36. The molecule has 0 aliphatic carbocycles. The zero-order valence-electron chi connectivity index (χ0n) is 11.8. The first-order chi connectivity index (χ1) is 10.1. The van der Waals surface area contributed by atoms with Crippen LogP contribution in [0.2, 0.25) is 5.02 Å². The molecular formula is C15H19ClFN3S. The molecule has 21 heavy (non-hydrogen) atoms. The third-order valence-electron chi connectivity index (χ3n) is 3.45. The second-order valence-corrected chi connectivity index (χ2v) is 5.78. The van der Waals surface area contributed by atoms with E-state index >= 15 is 0 Å². The summed E-state index contributed by atoms with van der Waals surface area (Å²) in [4.78, 5) is 4.48. The van der Waals surface area contributed by atoms with E-state index < -0.39 is 0 Å². The van der Waals surface area contributed by atoms with Crippen LogP contribution in [-0.2, 0) is 6.54 Å². The van der Waals surface area contributed by atoms with Crippen molar-refractivity contribution in [2.45, 2.75) is 6.54 Å². The van der Waals surface area contributed by atoms with E-state index in [1.807, 2.05) is 0 Å². The van der Waals surface area contributed by atoms with Gasteiger partial charge in [-0.1, -0.05) is 23.7 Å². The van der Waals surface area contributed by atoms with Crippen molar-refractivity contribution in [3.8, 4) is 0 Å². The summed E-state index contributed by atoms with van der Waals surface area (Å²) in [5.41, 5.74) is 1.03. The fourth-order valence-electron chi connectivity index (χ4n) is 2.28.